The molecule has 2 aromatic rings. The van der Waals surface area contributed by atoms with E-state index in [2.05, 4.69) is 21.0 Å². The van der Waals surface area contributed by atoms with Crippen LogP contribution < -0.4 is 5.32 Å². The van der Waals surface area contributed by atoms with Crippen molar-refractivity contribution in [3.63, 3.8) is 0 Å². The maximum Gasteiger partial charge on any atom is 0.269 e. The van der Waals surface area contributed by atoms with E-state index in [0.717, 1.165) is 35.6 Å². The average Bonchev–Trinajstić information content (AvgIpc) is 2.90. The topological polar surface area (TPSA) is 78.7 Å². The molecule has 1 amide bonds. The van der Waals surface area contributed by atoms with Crippen LogP contribution in [0.2, 0.25) is 0 Å². The Morgan fingerprint density at radius 3 is 2.80 bits per heavy atom. The fraction of sp³-hybridized carbons (Fsp3) is 0.286. The van der Waals surface area contributed by atoms with Crippen LogP contribution in [0.3, 0.4) is 0 Å². The van der Waals surface area contributed by atoms with Gasteiger partial charge in [-0.2, -0.15) is 5.26 Å². The monoisotopic (exact) mass is 286 g/mol. The van der Waals surface area contributed by atoms with E-state index >= 15 is 0 Å². The molecular formula is C14H14N4OS. The lowest BCUT2D eigenvalue weighted by Gasteiger charge is -2.05. The fourth-order valence-electron chi connectivity index (χ4n) is 1.77. The first-order valence-electron chi connectivity index (χ1n) is 6.33. The Hall–Kier alpha value is -2.26. The fourth-order valence-corrected chi connectivity index (χ4v) is 2.37. The number of hydrogen-bond acceptors (Lipinski definition) is 5. The van der Waals surface area contributed by atoms with Gasteiger partial charge in [0.2, 0.25) is 0 Å². The highest BCUT2D eigenvalue weighted by atomic mass is 32.1. The number of rotatable bonds is 5. The lowest BCUT2D eigenvalue weighted by molar-refractivity contribution is 0.102. The maximum atomic E-state index is 12.1. The Morgan fingerprint density at radius 2 is 2.15 bits per heavy atom. The summed E-state index contributed by atoms with van der Waals surface area (Å²) in [5.41, 5.74) is 2.38. The molecule has 102 valence electrons. The summed E-state index contributed by atoms with van der Waals surface area (Å²) in [5.74, 6) is -0.184. The van der Waals surface area contributed by atoms with E-state index < -0.39 is 0 Å². The van der Waals surface area contributed by atoms with Gasteiger partial charge >= 0.3 is 0 Å². The third-order valence-electron chi connectivity index (χ3n) is 2.74. The van der Waals surface area contributed by atoms with Crippen molar-refractivity contribution >= 4 is 23.1 Å². The molecule has 0 saturated heterocycles. The largest absolute Gasteiger partial charge is 0.321 e. The smallest absolute Gasteiger partial charge is 0.269 e. The number of anilines is 1. The molecule has 0 spiro atoms. The Balaban J connectivity index is 2.07. The van der Waals surface area contributed by atoms with Crippen LogP contribution >= 0.6 is 11.5 Å². The van der Waals surface area contributed by atoms with Gasteiger partial charge in [0.25, 0.3) is 5.91 Å². The number of nitrogens with one attached hydrogen (secondary N) is 1. The Labute approximate surface area is 121 Å². The Morgan fingerprint density at radius 1 is 1.40 bits per heavy atom. The Bertz CT molecular complexity index is 627. The molecule has 0 atom stereocenters. The number of carbonyl (C=O) groups excluding carboxylic acids is 1. The van der Waals surface area contributed by atoms with Gasteiger partial charge in [0.15, 0.2) is 0 Å². The first-order chi connectivity index (χ1) is 9.74. The molecule has 1 aromatic heterocycles. The first-order valence-corrected chi connectivity index (χ1v) is 7.10. The summed E-state index contributed by atoms with van der Waals surface area (Å²) in [7, 11) is 0. The third-order valence-corrected chi connectivity index (χ3v) is 3.51. The van der Waals surface area contributed by atoms with E-state index in [0.29, 0.717) is 17.0 Å². The lowest BCUT2D eigenvalue weighted by atomic mass is 10.1. The molecular weight excluding hydrogens is 272 g/mol. The van der Waals surface area contributed by atoms with E-state index in [1.807, 2.05) is 19.1 Å². The van der Waals surface area contributed by atoms with Crippen LogP contribution in [0.4, 0.5) is 5.69 Å². The van der Waals surface area contributed by atoms with Crippen molar-refractivity contribution in [2.75, 3.05) is 5.32 Å². The van der Waals surface area contributed by atoms with Crippen LogP contribution in [0.25, 0.3) is 0 Å². The van der Waals surface area contributed by atoms with Crippen molar-refractivity contribution < 1.29 is 4.79 Å². The summed E-state index contributed by atoms with van der Waals surface area (Å²) in [6, 6.07) is 9.33. The van der Waals surface area contributed by atoms with Crippen LogP contribution in [0.1, 0.15) is 34.3 Å². The molecule has 5 nitrogen and oxygen atoms in total. The molecule has 0 fully saturated rings. The standard InChI is InChI=1S/C14H14N4OS/c1-2-3-12-13(20-18-17-12)14(19)16-11-6-4-10(5-7-11)8-9-15/h4-7H,2-3,8H2,1H3,(H,16,19). The number of benzene rings is 1. The predicted octanol–water partition coefficient (Wildman–Crippen LogP) is 2.81. The van der Waals surface area contributed by atoms with Crippen molar-refractivity contribution in [3.05, 3.63) is 40.4 Å². The second kappa shape index (κ2) is 6.78. The molecule has 0 unspecified atom stereocenters. The van der Waals surface area contributed by atoms with Crippen molar-refractivity contribution in [3.8, 4) is 6.07 Å². The number of amides is 1. The van der Waals surface area contributed by atoms with Gasteiger partial charge < -0.3 is 5.32 Å². The van der Waals surface area contributed by atoms with Gasteiger partial charge in [-0.25, -0.2) is 0 Å². The van der Waals surface area contributed by atoms with E-state index in [-0.39, 0.29) is 5.91 Å². The summed E-state index contributed by atoms with van der Waals surface area (Å²) >= 11 is 1.11. The molecule has 0 aliphatic heterocycles. The predicted molar refractivity (Wildman–Crippen MR) is 77.6 cm³/mol. The zero-order chi connectivity index (χ0) is 14.4. The van der Waals surface area contributed by atoms with Gasteiger partial charge in [0, 0.05) is 5.69 Å². The van der Waals surface area contributed by atoms with Gasteiger partial charge in [-0.15, -0.1) is 5.10 Å². The molecule has 6 heteroatoms. The summed E-state index contributed by atoms with van der Waals surface area (Å²) in [6.07, 6.45) is 2.04. The lowest BCUT2D eigenvalue weighted by Crippen LogP contribution is -2.12. The SMILES string of the molecule is CCCc1nnsc1C(=O)Nc1ccc(CC#N)cc1. The minimum atomic E-state index is -0.184. The van der Waals surface area contributed by atoms with E-state index in [4.69, 9.17) is 5.26 Å². The third kappa shape index (κ3) is 3.39. The van der Waals surface area contributed by atoms with E-state index in [1.54, 1.807) is 12.1 Å². The van der Waals surface area contributed by atoms with Gasteiger partial charge in [-0.3, -0.25) is 4.79 Å². The van der Waals surface area contributed by atoms with E-state index in [9.17, 15) is 4.79 Å². The molecule has 1 heterocycles. The molecule has 1 N–H and O–H groups in total. The highest BCUT2D eigenvalue weighted by Gasteiger charge is 2.15. The van der Waals surface area contributed by atoms with Crippen LogP contribution in [-0.4, -0.2) is 15.5 Å². The molecule has 0 radical (unpaired) electrons. The van der Waals surface area contributed by atoms with Crippen molar-refractivity contribution in [1.82, 2.24) is 9.59 Å². The number of aromatic nitrogens is 2. The van der Waals surface area contributed by atoms with Crippen molar-refractivity contribution in [1.29, 1.82) is 5.26 Å². The second-order valence-corrected chi connectivity index (χ2v) is 5.04. The Kier molecular flexibility index (Phi) is 4.80. The summed E-state index contributed by atoms with van der Waals surface area (Å²) in [6.45, 7) is 2.04. The van der Waals surface area contributed by atoms with Crippen LogP contribution in [0.5, 0.6) is 0 Å². The van der Waals surface area contributed by atoms with Gasteiger partial charge in [0.05, 0.1) is 18.2 Å². The molecule has 0 saturated carbocycles. The number of nitriles is 1. The zero-order valence-corrected chi connectivity index (χ0v) is 11.9. The van der Waals surface area contributed by atoms with Crippen molar-refractivity contribution in [2.24, 2.45) is 0 Å². The number of carbonyl (C=O) groups is 1. The normalized spacial score (nSPS) is 10.0. The van der Waals surface area contributed by atoms with Gasteiger partial charge in [-0.1, -0.05) is 30.0 Å². The molecule has 2 rings (SSSR count). The molecule has 0 aliphatic carbocycles. The number of nitrogens with zero attached hydrogens (tertiary/aromatic N) is 3. The first kappa shape index (κ1) is 14.2. The van der Waals surface area contributed by atoms with Crippen LogP contribution in [0.15, 0.2) is 24.3 Å². The highest BCUT2D eigenvalue weighted by Crippen LogP contribution is 2.16. The summed E-state index contributed by atoms with van der Waals surface area (Å²) in [5, 5.41) is 15.4. The second-order valence-electron chi connectivity index (χ2n) is 4.28. The molecule has 20 heavy (non-hydrogen) atoms. The minimum absolute atomic E-state index is 0.184. The number of hydrogen-bond donors (Lipinski definition) is 1. The van der Waals surface area contributed by atoms with Gasteiger partial charge in [-0.05, 0) is 35.6 Å². The highest BCUT2D eigenvalue weighted by molar-refractivity contribution is 7.08. The maximum absolute atomic E-state index is 12.1. The number of aryl methyl sites for hydroxylation is 1. The molecule has 0 aliphatic rings. The van der Waals surface area contributed by atoms with E-state index in [1.165, 1.54) is 0 Å². The molecule has 0 bridgehead atoms. The quantitative estimate of drug-likeness (QED) is 0.916. The summed E-state index contributed by atoms with van der Waals surface area (Å²) in [4.78, 5) is 12.7. The average molecular weight is 286 g/mol. The van der Waals surface area contributed by atoms with Crippen molar-refractivity contribution in [2.45, 2.75) is 26.2 Å². The van der Waals surface area contributed by atoms with Crippen LogP contribution in [0, 0.1) is 11.3 Å². The van der Waals surface area contributed by atoms with Crippen LogP contribution in [-0.2, 0) is 12.8 Å². The van der Waals surface area contributed by atoms with Gasteiger partial charge in [0.1, 0.15) is 4.88 Å². The zero-order valence-electron chi connectivity index (χ0n) is 11.1. The molecule has 1 aromatic carbocycles. The minimum Gasteiger partial charge on any atom is -0.321 e. The summed E-state index contributed by atoms with van der Waals surface area (Å²) < 4.78 is 3.84.